The maximum absolute atomic E-state index is 12.9. The van der Waals surface area contributed by atoms with Crippen molar-refractivity contribution in [1.29, 1.82) is 0 Å². The van der Waals surface area contributed by atoms with Crippen molar-refractivity contribution in [3.63, 3.8) is 0 Å². The van der Waals surface area contributed by atoms with Gasteiger partial charge in [0.2, 0.25) is 5.91 Å². The zero-order valence-electron chi connectivity index (χ0n) is 19.1. The summed E-state index contributed by atoms with van der Waals surface area (Å²) in [5.74, 6) is -0.144. The topological polar surface area (TPSA) is 81.8 Å². The number of thioether (sulfide) groups is 1. The Bertz CT molecular complexity index is 1460. The molecule has 0 bridgehead atoms. The highest BCUT2D eigenvalue weighted by Crippen LogP contribution is 2.25. The van der Waals surface area contributed by atoms with Crippen molar-refractivity contribution >= 4 is 45.9 Å². The quantitative estimate of drug-likeness (QED) is 0.220. The molecule has 4 rings (SSSR count). The lowest BCUT2D eigenvalue weighted by molar-refractivity contribution is -0.113. The van der Waals surface area contributed by atoms with E-state index >= 15 is 0 Å². The summed E-state index contributed by atoms with van der Waals surface area (Å²) >= 11 is 7.27. The molecule has 0 radical (unpaired) electrons. The number of hydrogen-bond donors (Lipinski definition) is 1. The molecule has 2 heterocycles. The maximum Gasteiger partial charge on any atom is 0.262 e. The third-order valence-electron chi connectivity index (χ3n) is 5.36. The van der Waals surface area contributed by atoms with Gasteiger partial charge in [-0.25, -0.2) is 9.67 Å². The van der Waals surface area contributed by atoms with E-state index in [1.54, 1.807) is 24.3 Å². The van der Waals surface area contributed by atoms with Crippen LogP contribution in [0, 0.1) is 20.8 Å². The van der Waals surface area contributed by atoms with E-state index in [9.17, 15) is 9.59 Å². The molecule has 7 nitrogen and oxygen atoms in total. The molecular weight excluding hydrogens is 470 g/mol. The first-order valence-corrected chi connectivity index (χ1v) is 12.0. The second-order valence-electron chi connectivity index (χ2n) is 7.89. The van der Waals surface area contributed by atoms with E-state index < -0.39 is 0 Å². The Balaban J connectivity index is 1.56. The van der Waals surface area contributed by atoms with Gasteiger partial charge < -0.3 is 5.32 Å². The molecule has 0 unspecified atom stereocenters. The van der Waals surface area contributed by atoms with Gasteiger partial charge in [0.1, 0.15) is 0 Å². The zero-order valence-corrected chi connectivity index (χ0v) is 20.7. The summed E-state index contributed by atoms with van der Waals surface area (Å²) in [7, 11) is 0. The molecule has 0 aliphatic rings. The van der Waals surface area contributed by atoms with Gasteiger partial charge >= 0.3 is 0 Å². The van der Waals surface area contributed by atoms with E-state index in [0.717, 1.165) is 22.6 Å². The average Bonchev–Trinajstić information content (AvgIpc) is 3.08. The summed E-state index contributed by atoms with van der Waals surface area (Å²) in [6.07, 6.45) is 1.63. The van der Waals surface area contributed by atoms with Crippen LogP contribution < -0.4 is 10.9 Å². The Labute approximate surface area is 206 Å². The lowest BCUT2D eigenvalue weighted by Gasteiger charge is -2.12. The molecule has 2 aromatic heterocycles. The van der Waals surface area contributed by atoms with Crippen molar-refractivity contribution in [2.75, 3.05) is 11.1 Å². The number of amides is 1. The Morgan fingerprint density at radius 3 is 2.62 bits per heavy atom. The number of hydrogen-bond acceptors (Lipinski definition) is 5. The normalized spacial score (nSPS) is 11.1. The number of fused-ring (bicyclic) bond motifs is 1. The molecule has 174 valence electrons. The van der Waals surface area contributed by atoms with E-state index in [1.165, 1.54) is 16.3 Å². The van der Waals surface area contributed by atoms with Crippen LogP contribution in [0.5, 0.6) is 0 Å². The van der Waals surface area contributed by atoms with Crippen LogP contribution in [0.1, 0.15) is 17.0 Å². The number of anilines is 1. The minimum absolute atomic E-state index is 0.0737. The summed E-state index contributed by atoms with van der Waals surface area (Å²) in [6, 6.07) is 13.0. The van der Waals surface area contributed by atoms with Crippen molar-refractivity contribution in [2.45, 2.75) is 32.5 Å². The molecule has 1 N–H and O–H groups in total. The second kappa shape index (κ2) is 9.87. The van der Waals surface area contributed by atoms with Gasteiger partial charge in [0.25, 0.3) is 5.56 Å². The number of rotatable bonds is 7. The van der Waals surface area contributed by atoms with E-state index in [-0.39, 0.29) is 23.8 Å². The first-order chi connectivity index (χ1) is 16.3. The SMILES string of the molecule is C=CCn1c(SCC(=O)Nc2c(C)nn(-c3ccc(C)cc3)c2C)nc2cc(Cl)ccc2c1=O. The highest BCUT2D eigenvalue weighted by Gasteiger charge is 2.17. The Kier molecular flexibility index (Phi) is 6.90. The highest BCUT2D eigenvalue weighted by atomic mass is 35.5. The number of aryl methyl sites for hydroxylation is 2. The molecule has 2 aromatic carbocycles. The first-order valence-electron chi connectivity index (χ1n) is 10.7. The molecule has 0 spiro atoms. The second-order valence-corrected chi connectivity index (χ2v) is 9.27. The van der Waals surface area contributed by atoms with Crippen molar-refractivity contribution in [3.8, 4) is 5.69 Å². The molecule has 0 fully saturated rings. The van der Waals surface area contributed by atoms with Gasteiger partial charge in [0.15, 0.2) is 5.16 Å². The van der Waals surface area contributed by atoms with Crippen LogP contribution in [0.15, 0.2) is 65.1 Å². The Morgan fingerprint density at radius 1 is 1.18 bits per heavy atom. The average molecular weight is 494 g/mol. The van der Waals surface area contributed by atoms with Crippen LogP contribution in [0.4, 0.5) is 5.69 Å². The van der Waals surface area contributed by atoms with Crippen LogP contribution in [-0.2, 0) is 11.3 Å². The highest BCUT2D eigenvalue weighted by molar-refractivity contribution is 7.99. The fourth-order valence-electron chi connectivity index (χ4n) is 3.64. The first kappa shape index (κ1) is 23.8. The Morgan fingerprint density at radius 2 is 1.91 bits per heavy atom. The smallest absolute Gasteiger partial charge is 0.262 e. The third-order valence-corrected chi connectivity index (χ3v) is 6.57. The number of halogens is 1. The molecule has 4 aromatic rings. The fraction of sp³-hybridized carbons (Fsp3) is 0.200. The predicted molar refractivity (Wildman–Crippen MR) is 138 cm³/mol. The third kappa shape index (κ3) is 4.78. The maximum atomic E-state index is 12.9. The number of allylic oxidation sites excluding steroid dienone is 1. The molecule has 0 aliphatic carbocycles. The van der Waals surface area contributed by atoms with Gasteiger partial charge in [0, 0.05) is 11.6 Å². The van der Waals surface area contributed by atoms with Crippen molar-refractivity contribution in [2.24, 2.45) is 0 Å². The van der Waals surface area contributed by atoms with Gasteiger partial charge in [-0.15, -0.1) is 6.58 Å². The summed E-state index contributed by atoms with van der Waals surface area (Å²) in [6.45, 7) is 9.82. The summed E-state index contributed by atoms with van der Waals surface area (Å²) in [5, 5.41) is 8.94. The minimum atomic E-state index is -0.217. The van der Waals surface area contributed by atoms with Crippen LogP contribution in [0.3, 0.4) is 0 Å². The lowest BCUT2D eigenvalue weighted by atomic mass is 10.2. The molecular formula is C25H24ClN5O2S. The molecule has 9 heteroatoms. The zero-order chi connectivity index (χ0) is 24.4. The fourth-order valence-corrected chi connectivity index (χ4v) is 4.62. The number of carbonyl (C=O) groups is 1. The van der Waals surface area contributed by atoms with Gasteiger partial charge in [-0.1, -0.05) is 47.1 Å². The lowest BCUT2D eigenvalue weighted by Crippen LogP contribution is -2.24. The van der Waals surface area contributed by atoms with Gasteiger partial charge in [-0.2, -0.15) is 5.10 Å². The van der Waals surface area contributed by atoms with Gasteiger partial charge in [-0.3, -0.25) is 14.2 Å². The monoisotopic (exact) mass is 493 g/mol. The standard InChI is InChI=1S/C25H24ClN5O2S/c1-5-12-30-24(33)20-11-8-18(26)13-21(20)27-25(30)34-14-22(32)28-23-16(3)29-31(17(23)4)19-9-6-15(2)7-10-19/h5-11,13H,1,12,14H2,2-4H3,(H,28,32). The van der Waals surface area contributed by atoms with Crippen LogP contribution in [0.25, 0.3) is 16.6 Å². The van der Waals surface area contributed by atoms with Crippen molar-refractivity contribution < 1.29 is 4.79 Å². The van der Waals surface area contributed by atoms with E-state index in [2.05, 4.69) is 22.0 Å². The summed E-state index contributed by atoms with van der Waals surface area (Å²) < 4.78 is 3.32. The Hall–Kier alpha value is -3.36. The number of nitrogens with zero attached hydrogens (tertiary/aromatic N) is 4. The minimum Gasteiger partial charge on any atom is -0.322 e. The van der Waals surface area contributed by atoms with Gasteiger partial charge in [-0.05, 0) is 51.1 Å². The van der Waals surface area contributed by atoms with Crippen LogP contribution in [0.2, 0.25) is 5.02 Å². The molecule has 1 amide bonds. The van der Waals surface area contributed by atoms with E-state index in [1.807, 2.05) is 49.7 Å². The van der Waals surface area contributed by atoms with Crippen LogP contribution >= 0.6 is 23.4 Å². The van der Waals surface area contributed by atoms with Crippen molar-refractivity contribution in [3.05, 3.63) is 87.4 Å². The number of carbonyl (C=O) groups excluding carboxylic acids is 1. The summed E-state index contributed by atoms with van der Waals surface area (Å²) in [4.78, 5) is 30.3. The van der Waals surface area contributed by atoms with Crippen LogP contribution in [-0.4, -0.2) is 31.0 Å². The number of nitrogens with one attached hydrogen (secondary N) is 1. The molecule has 0 atom stereocenters. The van der Waals surface area contributed by atoms with E-state index in [0.29, 0.717) is 26.8 Å². The largest absolute Gasteiger partial charge is 0.322 e. The van der Waals surface area contributed by atoms with Gasteiger partial charge in [0.05, 0.1) is 39.4 Å². The molecule has 34 heavy (non-hydrogen) atoms. The molecule has 0 saturated heterocycles. The molecule has 0 aliphatic heterocycles. The van der Waals surface area contributed by atoms with Crippen molar-refractivity contribution in [1.82, 2.24) is 19.3 Å². The van der Waals surface area contributed by atoms with E-state index in [4.69, 9.17) is 11.6 Å². The molecule has 0 saturated carbocycles. The predicted octanol–water partition coefficient (Wildman–Crippen LogP) is 5.08. The number of aromatic nitrogens is 4. The number of benzene rings is 2. The summed E-state index contributed by atoms with van der Waals surface area (Å²) in [5.41, 5.74) is 4.61.